The normalized spacial score (nSPS) is 14.3. The highest BCUT2D eigenvalue weighted by molar-refractivity contribution is 7.26. The first-order chi connectivity index (χ1) is 25.6. The maximum Gasteiger partial charge on any atom is 0.157 e. The highest BCUT2D eigenvalue weighted by atomic mass is 32.1. The van der Waals surface area contributed by atoms with Gasteiger partial charge in [0.15, 0.2) is 5.76 Å². The molecule has 0 fully saturated rings. The quantitative estimate of drug-likeness (QED) is 0.183. The summed E-state index contributed by atoms with van der Waals surface area (Å²) in [5.74, 6) is 0.874. The molecule has 0 amide bonds. The Morgan fingerprint density at radius 3 is 1.65 bits per heavy atom. The van der Waals surface area contributed by atoms with E-state index in [9.17, 15) is 0 Å². The Kier molecular flexibility index (Phi) is 6.57. The van der Waals surface area contributed by atoms with E-state index in [-0.39, 0.29) is 6.04 Å². The number of hydrogen-bond acceptors (Lipinski definition) is 5. The molecular formula is C47H30N2OS2. The van der Waals surface area contributed by atoms with E-state index in [1.807, 2.05) is 29.0 Å². The van der Waals surface area contributed by atoms with Crippen LogP contribution in [-0.2, 0) is 0 Å². The molecule has 0 saturated heterocycles. The van der Waals surface area contributed by atoms with Gasteiger partial charge in [0.05, 0.1) is 6.34 Å². The van der Waals surface area contributed by atoms with Gasteiger partial charge in [-0.2, -0.15) is 0 Å². The van der Waals surface area contributed by atoms with Gasteiger partial charge < -0.3 is 9.32 Å². The Morgan fingerprint density at radius 2 is 1.00 bits per heavy atom. The molecule has 52 heavy (non-hydrogen) atoms. The summed E-state index contributed by atoms with van der Waals surface area (Å²) in [4.78, 5) is 7.08. The Balaban J connectivity index is 0.959. The zero-order chi connectivity index (χ0) is 34.3. The molecule has 0 bridgehead atoms. The monoisotopic (exact) mass is 702 g/mol. The van der Waals surface area contributed by atoms with Gasteiger partial charge in [-0.3, -0.25) is 0 Å². The highest BCUT2D eigenvalue weighted by Crippen LogP contribution is 2.46. The van der Waals surface area contributed by atoms with Gasteiger partial charge >= 0.3 is 0 Å². The van der Waals surface area contributed by atoms with Crippen LogP contribution in [0.5, 0.6) is 0 Å². The lowest BCUT2D eigenvalue weighted by Crippen LogP contribution is -2.26. The van der Waals surface area contributed by atoms with Crippen LogP contribution in [0.4, 0.5) is 5.69 Å². The lowest BCUT2D eigenvalue weighted by atomic mass is 9.95. The number of nitrogens with zero attached hydrogens (tertiary/aromatic N) is 2. The van der Waals surface area contributed by atoms with Crippen molar-refractivity contribution < 1.29 is 4.42 Å². The van der Waals surface area contributed by atoms with Gasteiger partial charge in [-0.25, -0.2) is 4.99 Å². The van der Waals surface area contributed by atoms with Crippen LogP contribution >= 0.6 is 22.7 Å². The average molecular weight is 703 g/mol. The topological polar surface area (TPSA) is 28.7 Å². The van der Waals surface area contributed by atoms with Gasteiger partial charge in [0, 0.05) is 52.8 Å². The zero-order valence-corrected chi connectivity index (χ0v) is 29.8. The van der Waals surface area contributed by atoms with E-state index in [0.29, 0.717) is 0 Å². The maximum absolute atomic E-state index is 6.67. The molecule has 0 saturated carbocycles. The third-order valence-corrected chi connectivity index (χ3v) is 12.8. The van der Waals surface area contributed by atoms with E-state index in [2.05, 4.69) is 164 Å². The Morgan fingerprint density at radius 1 is 0.481 bits per heavy atom. The smallest absolute Gasteiger partial charge is 0.157 e. The number of thiophene rings is 2. The van der Waals surface area contributed by atoms with E-state index >= 15 is 0 Å². The Hall–Kier alpha value is -6.01. The minimum Gasteiger partial charge on any atom is -0.456 e. The predicted molar refractivity (Wildman–Crippen MR) is 222 cm³/mol. The molecular weight excluding hydrogens is 673 g/mol. The fourth-order valence-corrected chi connectivity index (χ4v) is 10.1. The van der Waals surface area contributed by atoms with Crippen molar-refractivity contribution in [2.45, 2.75) is 6.04 Å². The van der Waals surface area contributed by atoms with Gasteiger partial charge in [0.1, 0.15) is 17.3 Å². The van der Waals surface area contributed by atoms with E-state index < -0.39 is 0 Å². The molecule has 10 aromatic rings. The van der Waals surface area contributed by atoms with Crippen molar-refractivity contribution in [1.82, 2.24) is 4.90 Å². The first-order valence-corrected chi connectivity index (χ1v) is 19.1. The van der Waals surface area contributed by atoms with Crippen LogP contribution in [-0.4, -0.2) is 18.3 Å². The number of fused-ring (bicyclic) bond motifs is 9. The largest absolute Gasteiger partial charge is 0.456 e. The zero-order valence-electron chi connectivity index (χ0n) is 28.2. The van der Waals surface area contributed by atoms with Gasteiger partial charge in [0.25, 0.3) is 0 Å². The first-order valence-electron chi connectivity index (χ1n) is 17.5. The van der Waals surface area contributed by atoms with Crippen molar-refractivity contribution in [1.29, 1.82) is 0 Å². The molecule has 246 valence electrons. The van der Waals surface area contributed by atoms with Crippen LogP contribution in [0.3, 0.4) is 0 Å². The van der Waals surface area contributed by atoms with Gasteiger partial charge in [-0.05, 0) is 99.6 Å². The van der Waals surface area contributed by atoms with Crippen LogP contribution in [0.15, 0.2) is 161 Å². The molecule has 0 spiro atoms. The first kappa shape index (κ1) is 29.7. The summed E-state index contributed by atoms with van der Waals surface area (Å²) in [6, 6.07) is 55.2. The lowest BCUT2D eigenvalue weighted by molar-refractivity contribution is 0.368. The van der Waals surface area contributed by atoms with E-state index in [1.165, 1.54) is 73.7 Å². The van der Waals surface area contributed by atoms with Crippen molar-refractivity contribution in [3.8, 4) is 33.4 Å². The number of benzene rings is 7. The third kappa shape index (κ3) is 4.67. The highest BCUT2D eigenvalue weighted by Gasteiger charge is 2.30. The summed E-state index contributed by atoms with van der Waals surface area (Å²) in [5.41, 5.74) is 10.1. The SMILES string of the molecule is CN1C=Nc2c(oc3ccc(-c4cccc(-c5ccc6sc7ccccc7c6c5)c4)cc23)C1c1cccc(-c2ccc3sc4ccccc4c3c2)c1. The van der Waals surface area contributed by atoms with Gasteiger partial charge in [0.2, 0.25) is 0 Å². The molecule has 0 N–H and O–H groups in total. The molecule has 1 atom stereocenters. The van der Waals surface area contributed by atoms with Crippen molar-refractivity contribution in [2.75, 3.05) is 7.05 Å². The fourth-order valence-electron chi connectivity index (χ4n) is 7.97. The molecule has 5 heteroatoms. The Bertz CT molecular complexity index is 3070. The van der Waals surface area contributed by atoms with Gasteiger partial charge in [-0.15, -0.1) is 22.7 Å². The molecule has 0 aliphatic carbocycles. The average Bonchev–Trinajstić information content (AvgIpc) is 3.88. The molecule has 11 rings (SSSR count). The van der Waals surface area contributed by atoms with Crippen LogP contribution < -0.4 is 0 Å². The molecule has 1 aliphatic heterocycles. The lowest BCUT2D eigenvalue weighted by Gasteiger charge is -2.28. The van der Waals surface area contributed by atoms with E-state index in [1.54, 1.807) is 0 Å². The summed E-state index contributed by atoms with van der Waals surface area (Å²) in [6.07, 6.45) is 1.94. The molecule has 0 radical (unpaired) electrons. The van der Waals surface area contributed by atoms with Crippen molar-refractivity contribution in [3.05, 3.63) is 163 Å². The second-order valence-electron chi connectivity index (χ2n) is 13.7. The summed E-state index contributed by atoms with van der Waals surface area (Å²) in [7, 11) is 2.08. The van der Waals surface area contributed by atoms with Crippen molar-refractivity contribution in [2.24, 2.45) is 4.99 Å². The second-order valence-corrected chi connectivity index (χ2v) is 15.8. The van der Waals surface area contributed by atoms with Crippen LogP contribution in [0.2, 0.25) is 0 Å². The minimum atomic E-state index is -0.0968. The van der Waals surface area contributed by atoms with Crippen LogP contribution in [0.1, 0.15) is 17.4 Å². The van der Waals surface area contributed by atoms with Crippen LogP contribution in [0, 0.1) is 0 Å². The molecule has 4 heterocycles. The van der Waals surface area contributed by atoms with Crippen molar-refractivity contribution >= 4 is 86.0 Å². The van der Waals surface area contributed by atoms with Gasteiger partial charge in [-0.1, -0.05) is 91.0 Å². The number of aliphatic imine (C=N–C) groups is 1. The molecule has 3 aromatic heterocycles. The summed E-state index contributed by atoms with van der Waals surface area (Å²) < 4.78 is 12.0. The summed E-state index contributed by atoms with van der Waals surface area (Å²) in [5, 5.41) is 6.29. The summed E-state index contributed by atoms with van der Waals surface area (Å²) >= 11 is 3.71. The predicted octanol–water partition coefficient (Wildman–Crippen LogP) is 13.9. The summed E-state index contributed by atoms with van der Waals surface area (Å²) in [6.45, 7) is 0. The minimum absolute atomic E-state index is 0.0968. The number of rotatable bonds is 4. The van der Waals surface area contributed by atoms with E-state index in [4.69, 9.17) is 9.41 Å². The molecule has 1 unspecified atom stereocenters. The molecule has 1 aliphatic rings. The van der Waals surface area contributed by atoms with Crippen molar-refractivity contribution in [3.63, 3.8) is 0 Å². The molecule has 7 aromatic carbocycles. The fraction of sp³-hybridized carbons (Fsp3) is 0.0426. The second kappa shape index (κ2) is 11.5. The third-order valence-electron chi connectivity index (χ3n) is 10.5. The maximum atomic E-state index is 6.67. The number of furan rings is 1. The standard InChI is InChI=1S/C47H30N2OS2/c1-49-27-48-45-39-26-31(28-8-6-9-29(22-28)32-17-20-43-37(24-32)35-12-2-4-14-41(35)51-43)16-19-40(39)50-47(45)46(49)34-11-7-10-30(23-34)33-18-21-44-38(25-33)36-13-3-5-15-42(36)52-44/h2-27,46H,1H3. The Labute approximate surface area is 308 Å². The van der Waals surface area contributed by atoms with Crippen LogP contribution in [0.25, 0.3) is 84.7 Å². The van der Waals surface area contributed by atoms with E-state index in [0.717, 1.165) is 28.0 Å². The molecule has 3 nitrogen and oxygen atoms in total. The number of hydrogen-bond donors (Lipinski definition) is 0.